The molecule has 0 radical (unpaired) electrons. The van der Waals surface area contributed by atoms with Gasteiger partial charge in [-0.1, -0.05) is 60.2 Å². The normalized spacial score (nSPS) is 9.73. The topological polar surface area (TPSA) is 38.7 Å². The molecule has 0 fully saturated rings. The number of rotatable bonds is 5. The molecule has 0 bridgehead atoms. The molecule has 0 atom stereocenters. The van der Waals surface area contributed by atoms with Crippen LogP contribution in [-0.4, -0.2) is 25.5 Å². The second-order valence-electron chi connectivity index (χ2n) is 4.96. The number of benzene rings is 2. The first-order valence-electron chi connectivity index (χ1n) is 7.19. The van der Waals surface area contributed by atoms with Gasteiger partial charge in [0.15, 0.2) is 0 Å². The van der Waals surface area contributed by atoms with E-state index >= 15 is 0 Å². The molecule has 0 saturated carbocycles. The molecule has 2 rings (SSSR count). The van der Waals surface area contributed by atoms with Crippen LogP contribution in [0.2, 0.25) is 0 Å². The maximum atomic E-state index is 11.8. The predicted octanol–water partition coefficient (Wildman–Crippen LogP) is 3.46. The van der Waals surface area contributed by atoms with Gasteiger partial charge in [0.2, 0.25) is 0 Å². The van der Waals surface area contributed by atoms with E-state index in [1.54, 1.807) is 0 Å². The van der Waals surface area contributed by atoms with Crippen LogP contribution in [-0.2, 0) is 16.0 Å². The van der Waals surface area contributed by atoms with Crippen molar-refractivity contribution in [2.24, 2.45) is 4.99 Å². The minimum absolute atomic E-state index is 0.354. The number of hydrogen-bond acceptors (Lipinski definition) is 3. The minimum atomic E-state index is -0.426. The van der Waals surface area contributed by atoms with Crippen molar-refractivity contribution >= 4 is 17.4 Å². The zero-order chi connectivity index (χ0) is 15.8. The van der Waals surface area contributed by atoms with Crippen molar-refractivity contribution in [3.8, 4) is 0 Å². The maximum absolute atomic E-state index is 11.8. The van der Waals surface area contributed by atoms with Gasteiger partial charge in [-0.15, -0.1) is 0 Å². The van der Waals surface area contributed by atoms with E-state index < -0.39 is 5.97 Å². The molecular weight excluding hydrogens is 274 g/mol. The van der Waals surface area contributed by atoms with Crippen LogP contribution in [0.3, 0.4) is 0 Å². The lowest BCUT2D eigenvalue weighted by molar-refractivity contribution is -0.133. The number of ether oxygens (including phenoxy) is 1. The van der Waals surface area contributed by atoms with Crippen LogP contribution in [0.5, 0.6) is 0 Å². The van der Waals surface area contributed by atoms with Crippen LogP contribution in [0.1, 0.15) is 16.7 Å². The quantitative estimate of drug-likeness (QED) is 0.481. The Bertz CT molecular complexity index is 681. The third-order valence-corrected chi connectivity index (χ3v) is 3.28. The lowest BCUT2D eigenvalue weighted by Gasteiger charge is -2.02. The Morgan fingerprint density at radius 2 is 1.77 bits per heavy atom. The molecule has 0 aromatic heterocycles. The monoisotopic (exact) mass is 293 g/mol. The van der Waals surface area contributed by atoms with E-state index in [-0.39, 0.29) is 0 Å². The summed E-state index contributed by atoms with van der Waals surface area (Å²) in [7, 11) is 1.36. The molecule has 2 aromatic rings. The van der Waals surface area contributed by atoms with Gasteiger partial charge in [-0.2, -0.15) is 0 Å². The first-order valence-corrected chi connectivity index (χ1v) is 7.19. The van der Waals surface area contributed by atoms with Crippen molar-refractivity contribution in [2.45, 2.75) is 13.3 Å². The molecule has 0 N–H and O–H groups in total. The summed E-state index contributed by atoms with van der Waals surface area (Å²) >= 11 is 0. The highest BCUT2D eigenvalue weighted by Crippen LogP contribution is 2.12. The first-order chi connectivity index (χ1) is 10.7. The molecule has 0 amide bonds. The average Bonchev–Trinajstić information content (AvgIpc) is 2.56. The van der Waals surface area contributed by atoms with Crippen molar-refractivity contribution in [3.63, 3.8) is 0 Å². The minimum Gasteiger partial charge on any atom is -0.465 e. The second kappa shape index (κ2) is 7.96. The number of nitrogens with zero attached hydrogens (tertiary/aromatic N) is 1. The van der Waals surface area contributed by atoms with Gasteiger partial charge in [-0.3, -0.25) is 0 Å². The molecule has 2 aromatic carbocycles. The number of esters is 1. The number of carbonyl (C=O) groups is 1. The molecule has 0 heterocycles. The van der Waals surface area contributed by atoms with Crippen molar-refractivity contribution in [1.82, 2.24) is 0 Å². The van der Waals surface area contributed by atoms with E-state index in [1.807, 2.05) is 30.3 Å². The van der Waals surface area contributed by atoms with E-state index in [1.165, 1.54) is 18.2 Å². The number of aliphatic imine (C=N–C) groups is 1. The summed E-state index contributed by atoms with van der Waals surface area (Å²) < 4.78 is 4.80. The number of methoxy groups -OCH3 is 1. The Labute approximate surface area is 131 Å². The summed E-state index contributed by atoms with van der Waals surface area (Å²) in [5.41, 5.74) is 3.57. The SMILES string of the molecule is COC(=O)C(=C=NCCc1ccc(C)cc1)c1ccccc1. The lowest BCUT2D eigenvalue weighted by atomic mass is 10.1. The van der Waals surface area contributed by atoms with Gasteiger partial charge in [-0.25, -0.2) is 9.79 Å². The largest absolute Gasteiger partial charge is 0.465 e. The third kappa shape index (κ3) is 4.44. The standard InChI is InChI=1S/C19H19NO2/c1-15-8-10-16(11-9-15)12-13-20-14-18(19(21)22-2)17-6-4-3-5-7-17/h3-11H,12-13H2,1-2H3. The fourth-order valence-corrected chi connectivity index (χ4v) is 2.01. The smallest absolute Gasteiger partial charge is 0.347 e. The van der Waals surface area contributed by atoms with E-state index in [0.717, 1.165) is 12.0 Å². The lowest BCUT2D eigenvalue weighted by Crippen LogP contribution is -2.04. The van der Waals surface area contributed by atoms with E-state index in [9.17, 15) is 4.79 Å². The zero-order valence-electron chi connectivity index (χ0n) is 12.9. The Morgan fingerprint density at radius 1 is 1.09 bits per heavy atom. The summed E-state index contributed by atoms with van der Waals surface area (Å²) in [4.78, 5) is 16.1. The van der Waals surface area contributed by atoms with Crippen LogP contribution < -0.4 is 0 Å². The number of hydrogen-bond donors (Lipinski definition) is 0. The molecule has 0 spiro atoms. The van der Waals surface area contributed by atoms with Crippen molar-refractivity contribution in [1.29, 1.82) is 0 Å². The van der Waals surface area contributed by atoms with Crippen molar-refractivity contribution in [3.05, 3.63) is 71.3 Å². The van der Waals surface area contributed by atoms with Gasteiger partial charge in [0.25, 0.3) is 0 Å². The van der Waals surface area contributed by atoms with Gasteiger partial charge in [0.05, 0.1) is 13.7 Å². The second-order valence-corrected chi connectivity index (χ2v) is 4.96. The summed E-state index contributed by atoms with van der Waals surface area (Å²) in [6.07, 6.45) is 0.816. The predicted molar refractivity (Wildman–Crippen MR) is 89.1 cm³/mol. The molecule has 22 heavy (non-hydrogen) atoms. The van der Waals surface area contributed by atoms with E-state index in [4.69, 9.17) is 4.74 Å². The van der Waals surface area contributed by atoms with E-state index in [2.05, 4.69) is 42.1 Å². The van der Waals surface area contributed by atoms with Crippen LogP contribution in [0.4, 0.5) is 0 Å². The fourth-order valence-electron chi connectivity index (χ4n) is 2.01. The molecule has 0 unspecified atom stereocenters. The first kappa shape index (κ1) is 15.7. The molecule has 0 aliphatic carbocycles. The van der Waals surface area contributed by atoms with Gasteiger partial charge in [-0.05, 0) is 30.3 Å². The summed E-state index contributed by atoms with van der Waals surface area (Å²) in [5.74, 6) is 2.41. The van der Waals surface area contributed by atoms with Crippen LogP contribution in [0.25, 0.3) is 5.57 Å². The van der Waals surface area contributed by atoms with Crippen molar-refractivity contribution in [2.75, 3.05) is 13.7 Å². The van der Waals surface area contributed by atoms with Crippen LogP contribution in [0.15, 0.2) is 59.6 Å². The van der Waals surface area contributed by atoms with Gasteiger partial charge in [0, 0.05) is 0 Å². The average molecular weight is 293 g/mol. The fraction of sp³-hybridized carbons (Fsp3) is 0.211. The molecule has 3 heteroatoms. The number of aryl methyl sites for hydroxylation is 1. The van der Waals surface area contributed by atoms with Crippen LogP contribution >= 0.6 is 0 Å². The van der Waals surface area contributed by atoms with E-state index in [0.29, 0.717) is 12.1 Å². The Balaban J connectivity index is 2.11. The Morgan fingerprint density at radius 3 is 2.41 bits per heavy atom. The van der Waals surface area contributed by atoms with Gasteiger partial charge < -0.3 is 4.74 Å². The molecule has 112 valence electrons. The maximum Gasteiger partial charge on any atom is 0.347 e. The van der Waals surface area contributed by atoms with Crippen LogP contribution in [0, 0.1) is 6.92 Å². The number of carbonyl (C=O) groups excluding carboxylic acids is 1. The highest BCUT2D eigenvalue weighted by atomic mass is 16.5. The zero-order valence-corrected chi connectivity index (χ0v) is 12.9. The Kier molecular flexibility index (Phi) is 5.70. The van der Waals surface area contributed by atoms with Crippen molar-refractivity contribution < 1.29 is 9.53 Å². The molecule has 0 saturated heterocycles. The Hall–Kier alpha value is -2.64. The summed E-state index contributed by atoms with van der Waals surface area (Å²) in [6.45, 7) is 2.64. The molecule has 0 aliphatic heterocycles. The summed E-state index contributed by atoms with van der Waals surface area (Å²) in [6, 6.07) is 17.7. The molecular formula is C19H19NO2. The molecule has 3 nitrogen and oxygen atoms in total. The van der Waals surface area contributed by atoms with Gasteiger partial charge in [0.1, 0.15) is 5.57 Å². The summed E-state index contributed by atoms with van der Waals surface area (Å²) in [5, 5.41) is 0. The molecule has 0 aliphatic rings. The highest BCUT2D eigenvalue weighted by Gasteiger charge is 2.11. The highest BCUT2D eigenvalue weighted by molar-refractivity contribution is 6.25. The van der Waals surface area contributed by atoms with Gasteiger partial charge >= 0.3 is 5.97 Å². The third-order valence-electron chi connectivity index (χ3n) is 3.28.